The van der Waals surface area contributed by atoms with Crippen LogP contribution < -0.4 is 5.32 Å². The summed E-state index contributed by atoms with van der Waals surface area (Å²) in [5.74, 6) is -0.164. The van der Waals surface area contributed by atoms with Crippen LogP contribution in [0, 0.1) is 0 Å². The third-order valence-corrected chi connectivity index (χ3v) is 4.81. The number of aliphatic imine (C=N–C) groups is 1. The zero-order valence-electron chi connectivity index (χ0n) is 16.3. The maximum Gasteiger partial charge on any atom is 0.241 e. The maximum atomic E-state index is 13.7. The molecule has 152 valence electrons. The Morgan fingerprint density at radius 3 is 2.76 bits per heavy atom. The number of aromatic nitrogens is 4. The van der Waals surface area contributed by atoms with Crippen molar-refractivity contribution in [2.24, 2.45) is 4.99 Å². The number of nitrogens with one attached hydrogen (secondary N) is 1. The van der Waals surface area contributed by atoms with E-state index in [0.29, 0.717) is 34.3 Å². The molecule has 1 aliphatic rings. The molecule has 29 heavy (non-hydrogen) atoms. The quantitative estimate of drug-likeness (QED) is 0.643. The number of alkyl halides is 3. The zero-order chi connectivity index (χ0) is 20.8. The summed E-state index contributed by atoms with van der Waals surface area (Å²) in [6.07, 6.45) is 0.665. The highest BCUT2D eigenvalue weighted by molar-refractivity contribution is 5.96. The molecule has 1 unspecified atom stereocenters. The molecule has 3 aromatic heterocycles. The highest BCUT2D eigenvalue weighted by Crippen LogP contribution is 2.39. The molecule has 6 nitrogen and oxygen atoms in total. The van der Waals surface area contributed by atoms with Gasteiger partial charge in [0.05, 0.1) is 35.3 Å². The summed E-state index contributed by atoms with van der Waals surface area (Å²) in [6, 6.07) is 5.45. The van der Waals surface area contributed by atoms with Gasteiger partial charge in [-0.25, -0.2) is 27.7 Å². The lowest BCUT2D eigenvalue weighted by atomic mass is 9.97. The predicted molar refractivity (Wildman–Crippen MR) is 106 cm³/mol. The van der Waals surface area contributed by atoms with Gasteiger partial charge in [-0.05, 0) is 39.0 Å². The molecule has 1 atom stereocenters. The van der Waals surface area contributed by atoms with Crippen molar-refractivity contribution in [3.05, 3.63) is 36.3 Å². The Labute approximate surface area is 165 Å². The van der Waals surface area contributed by atoms with Crippen LogP contribution in [0.25, 0.3) is 16.8 Å². The molecular formula is C20H21F3N6. The molecule has 4 heterocycles. The normalized spacial score (nSPS) is 16.4. The number of hydrogen-bond donors (Lipinski definition) is 1. The maximum absolute atomic E-state index is 13.7. The predicted octanol–water partition coefficient (Wildman–Crippen LogP) is 4.80. The first kappa shape index (κ1) is 19.4. The topological polar surface area (TPSA) is 67.5 Å². The van der Waals surface area contributed by atoms with Gasteiger partial charge in [0.25, 0.3) is 0 Å². The third kappa shape index (κ3) is 3.94. The van der Waals surface area contributed by atoms with Crippen LogP contribution in [0.3, 0.4) is 0 Å². The molecule has 1 aliphatic heterocycles. The summed E-state index contributed by atoms with van der Waals surface area (Å²) in [5, 5.41) is 7.21. The van der Waals surface area contributed by atoms with Gasteiger partial charge >= 0.3 is 0 Å². The Hall–Kier alpha value is -2.97. The molecule has 1 N–H and O–H groups in total. The Kier molecular flexibility index (Phi) is 4.76. The first-order valence-electron chi connectivity index (χ1n) is 9.33. The minimum absolute atomic E-state index is 0.0872. The first-order chi connectivity index (χ1) is 13.7. The van der Waals surface area contributed by atoms with Crippen LogP contribution in [0.2, 0.25) is 0 Å². The summed E-state index contributed by atoms with van der Waals surface area (Å²) in [7, 11) is 0. The van der Waals surface area contributed by atoms with E-state index in [1.165, 1.54) is 13.8 Å². The van der Waals surface area contributed by atoms with E-state index in [1.807, 2.05) is 12.1 Å². The second-order valence-electron chi connectivity index (χ2n) is 7.75. The van der Waals surface area contributed by atoms with E-state index in [0.717, 1.165) is 5.56 Å². The molecular weight excluding hydrogens is 381 g/mol. The molecule has 0 saturated heterocycles. The van der Waals surface area contributed by atoms with Crippen LogP contribution in [-0.2, 0) is 0 Å². The van der Waals surface area contributed by atoms with E-state index in [2.05, 4.69) is 25.4 Å². The number of pyridine rings is 1. The van der Waals surface area contributed by atoms with E-state index in [1.54, 1.807) is 29.9 Å². The lowest BCUT2D eigenvalue weighted by Crippen LogP contribution is -2.25. The number of halogens is 3. The molecule has 0 bridgehead atoms. The Balaban J connectivity index is 1.65. The minimum atomic E-state index is -2.43. The number of hydrogen-bond acceptors (Lipinski definition) is 5. The van der Waals surface area contributed by atoms with Gasteiger partial charge in [-0.15, -0.1) is 5.10 Å². The molecule has 0 aromatic carbocycles. The third-order valence-electron chi connectivity index (χ3n) is 4.81. The average molecular weight is 402 g/mol. The fourth-order valence-corrected chi connectivity index (χ4v) is 3.38. The van der Waals surface area contributed by atoms with Crippen molar-refractivity contribution in [3.63, 3.8) is 0 Å². The van der Waals surface area contributed by atoms with Crippen molar-refractivity contribution >= 4 is 22.9 Å². The SMILES string of the molecule is CC1=Nc2ccc(-c3ccn4nc(NCC(C)(C)F)ncc34)nc2C1CC(F)F. The smallest absolute Gasteiger partial charge is 0.241 e. The van der Waals surface area contributed by atoms with E-state index >= 15 is 0 Å². The van der Waals surface area contributed by atoms with Gasteiger partial charge in [0.2, 0.25) is 12.4 Å². The molecule has 0 aliphatic carbocycles. The Morgan fingerprint density at radius 2 is 2.03 bits per heavy atom. The lowest BCUT2D eigenvalue weighted by molar-refractivity contribution is 0.135. The zero-order valence-corrected chi connectivity index (χ0v) is 16.3. The van der Waals surface area contributed by atoms with E-state index in [9.17, 15) is 13.2 Å². The van der Waals surface area contributed by atoms with E-state index in [4.69, 9.17) is 0 Å². The van der Waals surface area contributed by atoms with Crippen molar-refractivity contribution in [2.75, 3.05) is 11.9 Å². The van der Waals surface area contributed by atoms with Crippen LogP contribution in [0.5, 0.6) is 0 Å². The summed E-state index contributed by atoms with van der Waals surface area (Å²) >= 11 is 0. The molecule has 0 spiro atoms. The second-order valence-corrected chi connectivity index (χ2v) is 7.75. The number of anilines is 1. The summed E-state index contributed by atoms with van der Waals surface area (Å²) < 4.78 is 41.3. The van der Waals surface area contributed by atoms with Crippen molar-refractivity contribution in [3.8, 4) is 11.3 Å². The van der Waals surface area contributed by atoms with Gasteiger partial charge in [-0.3, -0.25) is 4.99 Å². The van der Waals surface area contributed by atoms with Gasteiger partial charge < -0.3 is 5.32 Å². The largest absolute Gasteiger partial charge is 0.350 e. The Morgan fingerprint density at radius 1 is 1.24 bits per heavy atom. The van der Waals surface area contributed by atoms with Crippen LogP contribution in [-0.4, -0.2) is 43.9 Å². The molecule has 3 aromatic rings. The molecule has 0 amide bonds. The fourth-order valence-electron chi connectivity index (χ4n) is 3.38. The van der Waals surface area contributed by atoms with Crippen LogP contribution in [0.1, 0.15) is 38.8 Å². The molecule has 9 heteroatoms. The summed E-state index contributed by atoms with van der Waals surface area (Å²) in [5.41, 5.74) is 2.62. The molecule has 4 rings (SSSR count). The van der Waals surface area contributed by atoms with Crippen LogP contribution in [0.4, 0.5) is 24.8 Å². The summed E-state index contributed by atoms with van der Waals surface area (Å²) in [6.45, 7) is 4.78. The minimum Gasteiger partial charge on any atom is -0.350 e. The average Bonchev–Trinajstić information content (AvgIpc) is 3.19. The number of rotatable bonds is 6. The fraction of sp³-hybridized carbons (Fsp3) is 0.400. The van der Waals surface area contributed by atoms with Gasteiger partial charge in [-0.1, -0.05) is 0 Å². The van der Waals surface area contributed by atoms with Crippen LogP contribution >= 0.6 is 0 Å². The highest BCUT2D eigenvalue weighted by atomic mass is 19.3. The molecule has 0 fully saturated rings. The van der Waals surface area contributed by atoms with Gasteiger partial charge in [0, 0.05) is 29.8 Å². The lowest BCUT2D eigenvalue weighted by Gasteiger charge is -2.14. The van der Waals surface area contributed by atoms with Gasteiger partial charge in [-0.2, -0.15) is 0 Å². The van der Waals surface area contributed by atoms with Crippen LogP contribution in [0.15, 0.2) is 35.6 Å². The second kappa shape index (κ2) is 7.13. The standard InChI is InChI=1S/C20H21F3N6/c1-11-13(8-17(21)22)18-15(26-11)5-4-14(27-18)12-6-7-29-16(12)9-24-19(28-29)25-10-20(2,3)23/h4-7,9,13,17H,8,10H2,1-3H3,(H,25,28). The number of fused-ring (bicyclic) bond motifs is 2. The van der Waals surface area contributed by atoms with E-state index in [-0.39, 0.29) is 13.0 Å². The highest BCUT2D eigenvalue weighted by Gasteiger charge is 2.29. The van der Waals surface area contributed by atoms with Gasteiger partial charge in [0.15, 0.2) is 0 Å². The van der Waals surface area contributed by atoms with Crippen molar-refractivity contribution < 1.29 is 13.2 Å². The molecule has 0 radical (unpaired) electrons. The summed E-state index contributed by atoms with van der Waals surface area (Å²) in [4.78, 5) is 13.3. The van der Waals surface area contributed by atoms with Crippen molar-refractivity contribution in [2.45, 2.75) is 45.2 Å². The van der Waals surface area contributed by atoms with Crippen molar-refractivity contribution in [1.29, 1.82) is 0 Å². The van der Waals surface area contributed by atoms with E-state index < -0.39 is 18.0 Å². The molecule has 0 saturated carbocycles. The Bertz CT molecular complexity index is 1080. The first-order valence-corrected chi connectivity index (χ1v) is 9.33. The monoisotopic (exact) mass is 402 g/mol. The van der Waals surface area contributed by atoms with Crippen molar-refractivity contribution in [1.82, 2.24) is 19.6 Å². The number of nitrogens with zero attached hydrogens (tertiary/aromatic N) is 5. The van der Waals surface area contributed by atoms with Gasteiger partial charge in [0.1, 0.15) is 5.67 Å².